The monoisotopic (exact) mass is 246 g/mol. The van der Waals surface area contributed by atoms with E-state index in [0.717, 1.165) is 37.0 Å². The minimum absolute atomic E-state index is 0.305. The Morgan fingerprint density at radius 1 is 1.44 bits per heavy atom. The quantitative estimate of drug-likeness (QED) is 0.821. The van der Waals surface area contributed by atoms with Crippen molar-refractivity contribution in [2.75, 3.05) is 13.6 Å². The molecule has 0 bridgehead atoms. The van der Waals surface area contributed by atoms with E-state index in [2.05, 4.69) is 47.0 Å². The van der Waals surface area contributed by atoms with E-state index < -0.39 is 0 Å². The number of benzene rings is 1. The summed E-state index contributed by atoms with van der Waals surface area (Å²) in [6.45, 7) is 4.11. The second-order valence-electron chi connectivity index (χ2n) is 5.11. The normalized spacial score (nSPS) is 13.3. The van der Waals surface area contributed by atoms with Crippen molar-refractivity contribution >= 4 is 11.0 Å². The van der Waals surface area contributed by atoms with Gasteiger partial charge in [-0.25, -0.2) is 4.98 Å². The predicted molar refractivity (Wildman–Crippen MR) is 75.3 cm³/mol. The largest absolute Gasteiger partial charge is 0.345 e. The molecule has 0 saturated carbocycles. The first-order chi connectivity index (χ1) is 8.65. The third-order valence-corrected chi connectivity index (χ3v) is 3.14. The maximum atomic E-state index is 5.75. The number of hydrogen-bond acceptors (Lipinski definition) is 3. The van der Waals surface area contributed by atoms with E-state index in [1.54, 1.807) is 6.33 Å². The van der Waals surface area contributed by atoms with Gasteiger partial charge in [0.15, 0.2) is 0 Å². The van der Waals surface area contributed by atoms with E-state index in [4.69, 9.17) is 5.73 Å². The highest BCUT2D eigenvalue weighted by atomic mass is 15.1. The highest BCUT2D eigenvalue weighted by Crippen LogP contribution is 2.13. The lowest BCUT2D eigenvalue weighted by Gasteiger charge is -2.17. The molecule has 0 aliphatic rings. The van der Waals surface area contributed by atoms with Crippen molar-refractivity contribution in [2.45, 2.75) is 32.4 Å². The van der Waals surface area contributed by atoms with E-state index in [-0.39, 0.29) is 0 Å². The molecule has 0 fully saturated rings. The minimum atomic E-state index is 0.305. The first-order valence-corrected chi connectivity index (χ1v) is 6.51. The summed E-state index contributed by atoms with van der Waals surface area (Å²) in [7, 11) is 2.15. The predicted octanol–water partition coefficient (Wildman–Crippen LogP) is 2.12. The maximum absolute atomic E-state index is 5.75. The van der Waals surface area contributed by atoms with E-state index in [0.29, 0.717) is 6.04 Å². The van der Waals surface area contributed by atoms with Crippen LogP contribution < -0.4 is 5.73 Å². The standard InChI is InChI=1S/C14H22N4/c1-11(15)4-3-7-18(2)9-12-5-6-13-14(8-12)17-10-16-13/h5-6,8,10-11H,3-4,7,9,15H2,1-2H3,(H,16,17). The Kier molecular flexibility index (Phi) is 4.33. The van der Waals surface area contributed by atoms with Crippen LogP contribution in [-0.2, 0) is 6.54 Å². The average Bonchev–Trinajstić information content (AvgIpc) is 2.75. The number of fused-ring (bicyclic) bond motifs is 1. The fraction of sp³-hybridized carbons (Fsp3) is 0.500. The molecule has 3 N–H and O–H groups in total. The molecule has 0 spiro atoms. The number of aromatic nitrogens is 2. The zero-order chi connectivity index (χ0) is 13.0. The fourth-order valence-electron chi connectivity index (χ4n) is 2.16. The maximum Gasteiger partial charge on any atom is 0.0931 e. The number of H-pyrrole nitrogens is 1. The van der Waals surface area contributed by atoms with Gasteiger partial charge in [-0.1, -0.05) is 6.07 Å². The van der Waals surface area contributed by atoms with Gasteiger partial charge in [-0.2, -0.15) is 0 Å². The fourth-order valence-corrected chi connectivity index (χ4v) is 2.16. The van der Waals surface area contributed by atoms with Gasteiger partial charge >= 0.3 is 0 Å². The van der Waals surface area contributed by atoms with Crippen LogP contribution in [0.15, 0.2) is 24.5 Å². The van der Waals surface area contributed by atoms with Gasteiger partial charge in [-0.3, -0.25) is 0 Å². The van der Waals surface area contributed by atoms with E-state index in [9.17, 15) is 0 Å². The molecule has 0 amide bonds. The Labute approximate surface area is 108 Å². The molecule has 4 heteroatoms. The molecule has 1 aromatic heterocycles. The molecule has 0 saturated heterocycles. The van der Waals surface area contributed by atoms with Crippen LogP contribution in [0.4, 0.5) is 0 Å². The molecule has 0 radical (unpaired) electrons. The van der Waals surface area contributed by atoms with Gasteiger partial charge < -0.3 is 15.6 Å². The third-order valence-electron chi connectivity index (χ3n) is 3.14. The molecular weight excluding hydrogens is 224 g/mol. The average molecular weight is 246 g/mol. The highest BCUT2D eigenvalue weighted by molar-refractivity contribution is 5.74. The molecular formula is C14H22N4. The summed E-state index contributed by atoms with van der Waals surface area (Å²) in [4.78, 5) is 9.70. The topological polar surface area (TPSA) is 57.9 Å². The van der Waals surface area contributed by atoms with Crippen LogP contribution in [0.2, 0.25) is 0 Å². The van der Waals surface area contributed by atoms with Gasteiger partial charge in [0, 0.05) is 12.6 Å². The smallest absolute Gasteiger partial charge is 0.0931 e. The number of aromatic amines is 1. The molecule has 1 atom stereocenters. The molecule has 2 rings (SSSR count). The van der Waals surface area contributed by atoms with Gasteiger partial charge in [-0.15, -0.1) is 0 Å². The van der Waals surface area contributed by atoms with Crippen molar-refractivity contribution in [2.24, 2.45) is 5.73 Å². The van der Waals surface area contributed by atoms with Crippen molar-refractivity contribution in [3.63, 3.8) is 0 Å². The zero-order valence-electron chi connectivity index (χ0n) is 11.2. The van der Waals surface area contributed by atoms with Crippen molar-refractivity contribution in [3.8, 4) is 0 Å². The van der Waals surface area contributed by atoms with Crippen LogP contribution in [0.5, 0.6) is 0 Å². The SMILES string of the molecule is CC(N)CCCN(C)Cc1ccc2nc[nH]c2c1. The van der Waals surface area contributed by atoms with Crippen LogP contribution >= 0.6 is 0 Å². The summed E-state index contributed by atoms with van der Waals surface area (Å²) < 4.78 is 0. The third kappa shape index (κ3) is 3.55. The van der Waals surface area contributed by atoms with Gasteiger partial charge in [0.2, 0.25) is 0 Å². The van der Waals surface area contributed by atoms with Crippen LogP contribution in [0.3, 0.4) is 0 Å². The Balaban J connectivity index is 1.87. The summed E-state index contributed by atoms with van der Waals surface area (Å²) in [6.07, 6.45) is 3.98. The van der Waals surface area contributed by atoms with Gasteiger partial charge in [0.1, 0.15) is 0 Å². The first kappa shape index (κ1) is 13.1. The second-order valence-corrected chi connectivity index (χ2v) is 5.11. The van der Waals surface area contributed by atoms with Gasteiger partial charge in [-0.05, 0) is 51.1 Å². The summed E-state index contributed by atoms with van der Waals surface area (Å²) in [5.41, 5.74) is 9.20. The number of nitrogens with two attached hydrogens (primary N) is 1. The molecule has 4 nitrogen and oxygen atoms in total. The van der Waals surface area contributed by atoms with Crippen molar-refractivity contribution < 1.29 is 0 Å². The molecule has 0 aliphatic carbocycles. The van der Waals surface area contributed by atoms with E-state index in [1.807, 2.05) is 0 Å². The number of imidazole rings is 1. The Morgan fingerprint density at radius 2 is 2.28 bits per heavy atom. The summed E-state index contributed by atoms with van der Waals surface area (Å²) in [5.74, 6) is 0. The van der Waals surface area contributed by atoms with Crippen LogP contribution in [-0.4, -0.2) is 34.5 Å². The number of nitrogens with zero attached hydrogens (tertiary/aromatic N) is 2. The second kappa shape index (κ2) is 5.98. The van der Waals surface area contributed by atoms with E-state index in [1.165, 1.54) is 5.56 Å². The molecule has 1 unspecified atom stereocenters. The van der Waals surface area contributed by atoms with Gasteiger partial charge in [0.25, 0.3) is 0 Å². The van der Waals surface area contributed by atoms with Gasteiger partial charge in [0.05, 0.1) is 17.4 Å². The molecule has 1 heterocycles. The lowest BCUT2D eigenvalue weighted by Crippen LogP contribution is -2.22. The lowest BCUT2D eigenvalue weighted by atomic mass is 10.1. The molecule has 98 valence electrons. The highest BCUT2D eigenvalue weighted by Gasteiger charge is 2.03. The van der Waals surface area contributed by atoms with Crippen molar-refractivity contribution in [1.82, 2.24) is 14.9 Å². The molecule has 18 heavy (non-hydrogen) atoms. The summed E-state index contributed by atoms with van der Waals surface area (Å²) in [6, 6.07) is 6.69. The number of rotatable bonds is 6. The van der Waals surface area contributed by atoms with Crippen molar-refractivity contribution in [1.29, 1.82) is 0 Å². The Morgan fingerprint density at radius 3 is 3.06 bits per heavy atom. The number of hydrogen-bond donors (Lipinski definition) is 2. The van der Waals surface area contributed by atoms with Crippen LogP contribution in [0.25, 0.3) is 11.0 Å². The van der Waals surface area contributed by atoms with Crippen LogP contribution in [0, 0.1) is 0 Å². The first-order valence-electron chi connectivity index (χ1n) is 6.51. The number of nitrogens with one attached hydrogen (secondary N) is 1. The molecule has 2 aromatic rings. The summed E-state index contributed by atoms with van der Waals surface area (Å²) >= 11 is 0. The molecule has 1 aromatic carbocycles. The van der Waals surface area contributed by atoms with E-state index >= 15 is 0 Å². The molecule has 0 aliphatic heterocycles. The Bertz CT molecular complexity index is 489. The zero-order valence-corrected chi connectivity index (χ0v) is 11.2. The lowest BCUT2D eigenvalue weighted by molar-refractivity contribution is 0.315. The Hall–Kier alpha value is -1.39. The van der Waals surface area contributed by atoms with Crippen LogP contribution in [0.1, 0.15) is 25.3 Å². The summed E-state index contributed by atoms with van der Waals surface area (Å²) in [5, 5.41) is 0. The van der Waals surface area contributed by atoms with Crippen molar-refractivity contribution in [3.05, 3.63) is 30.1 Å². The minimum Gasteiger partial charge on any atom is -0.345 e.